The molecule has 3 heteroatoms. The summed E-state index contributed by atoms with van der Waals surface area (Å²) in [5.41, 5.74) is 6.91. The third kappa shape index (κ3) is 6.46. The van der Waals surface area contributed by atoms with E-state index in [9.17, 15) is 0 Å². The maximum atomic E-state index is 6.07. The Kier molecular flexibility index (Phi) is 9.25. The van der Waals surface area contributed by atoms with Crippen LogP contribution in [0.1, 0.15) is 69.2 Å². The SMILES string of the molecule is CCCCCc1ccc2c(c1)CCC(c1ccccc1)N2c1ccc(OCCN(CC)CC)cc1. The summed E-state index contributed by atoms with van der Waals surface area (Å²) in [5.74, 6) is 0.945. The molecular formula is C32H42N2O. The van der Waals surface area contributed by atoms with Gasteiger partial charge in [-0.3, -0.25) is 0 Å². The van der Waals surface area contributed by atoms with E-state index in [1.54, 1.807) is 0 Å². The molecule has 3 aromatic carbocycles. The van der Waals surface area contributed by atoms with E-state index in [1.165, 1.54) is 53.7 Å². The minimum Gasteiger partial charge on any atom is -0.492 e. The van der Waals surface area contributed by atoms with Crippen molar-refractivity contribution in [3.05, 3.63) is 89.5 Å². The molecule has 1 aliphatic heterocycles. The van der Waals surface area contributed by atoms with Gasteiger partial charge in [-0.25, -0.2) is 0 Å². The first kappa shape index (κ1) is 25.3. The number of likely N-dealkylation sites (N-methyl/N-ethyl adjacent to an activating group) is 1. The number of hydrogen-bond acceptors (Lipinski definition) is 3. The lowest BCUT2D eigenvalue weighted by Gasteiger charge is -2.39. The average molecular weight is 471 g/mol. The van der Waals surface area contributed by atoms with Crippen molar-refractivity contribution >= 4 is 11.4 Å². The van der Waals surface area contributed by atoms with Gasteiger partial charge in [-0.05, 0) is 85.8 Å². The molecule has 3 aromatic rings. The summed E-state index contributed by atoms with van der Waals surface area (Å²) in [6.45, 7) is 10.5. The molecule has 0 saturated carbocycles. The van der Waals surface area contributed by atoms with E-state index in [1.807, 2.05) is 0 Å². The maximum absolute atomic E-state index is 6.07. The number of unbranched alkanes of at least 4 members (excludes halogenated alkanes) is 2. The van der Waals surface area contributed by atoms with Crippen molar-refractivity contribution in [1.29, 1.82) is 0 Å². The topological polar surface area (TPSA) is 15.7 Å². The first-order valence-corrected chi connectivity index (χ1v) is 13.6. The number of fused-ring (bicyclic) bond motifs is 1. The lowest BCUT2D eigenvalue weighted by atomic mass is 9.89. The molecule has 0 radical (unpaired) electrons. The van der Waals surface area contributed by atoms with E-state index in [2.05, 4.69) is 103 Å². The molecule has 1 aliphatic rings. The van der Waals surface area contributed by atoms with Gasteiger partial charge in [-0.15, -0.1) is 0 Å². The van der Waals surface area contributed by atoms with Crippen LogP contribution >= 0.6 is 0 Å². The third-order valence-electron chi connectivity index (χ3n) is 7.34. The van der Waals surface area contributed by atoms with Crippen LogP contribution in [0.3, 0.4) is 0 Å². The molecule has 3 nitrogen and oxygen atoms in total. The normalized spacial score (nSPS) is 15.3. The Hall–Kier alpha value is -2.78. The Balaban J connectivity index is 1.57. The van der Waals surface area contributed by atoms with Crippen molar-refractivity contribution in [3.63, 3.8) is 0 Å². The predicted octanol–water partition coefficient (Wildman–Crippen LogP) is 7.97. The Bertz CT molecular complexity index is 1030. The molecule has 0 spiro atoms. The van der Waals surface area contributed by atoms with Gasteiger partial charge in [0.25, 0.3) is 0 Å². The molecule has 4 rings (SSSR count). The van der Waals surface area contributed by atoms with Crippen LogP contribution in [0.5, 0.6) is 5.75 Å². The van der Waals surface area contributed by atoms with E-state index >= 15 is 0 Å². The molecule has 0 fully saturated rings. The average Bonchev–Trinajstić information content (AvgIpc) is 2.91. The largest absolute Gasteiger partial charge is 0.492 e. The molecule has 186 valence electrons. The van der Waals surface area contributed by atoms with Crippen molar-refractivity contribution in [2.75, 3.05) is 31.1 Å². The first-order valence-electron chi connectivity index (χ1n) is 13.6. The minimum absolute atomic E-state index is 0.337. The van der Waals surface area contributed by atoms with E-state index in [0.29, 0.717) is 6.04 Å². The quantitative estimate of drug-likeness (QED) is 0.250. The van der Waals surface area contributed by atoms with Gasteiger partial charge in [0.15, 0.2) is 0 Å². The van der Waals surface area contributed by atoms with Gasteiger partial charge < -0.3 is 14.5 Å². The van der Waals surface area contributed by atoms with Gasteiger partial charge in [0.05, 0.1) is 6.04 Å². The summed E-state index contributed by atoms with van der Waals surface area (Å²) < 4.78 is 6.07. The molecule has 1 atom stereocenters. The molecular weight excluding hydrogens is 428 g/mol. The Labute approximate surface area is 212 Å². The molecule has 1 heterocycles. The van der Waals surface area contributed by atoms with Crippen LogP contribution in [0.4, 0.5) is 11.4 Å². The lowest BCUT2D eigenvalue weighted by Crippen LogP contribution is -2.29. The number of benzene rings is 3. The fourth-order valence-electron chi connectivity index (χ4n) is 5.24. The highest BCUT2D eigenvalue weighted by molar-refractivity contribution is 5.70. The zero-order chi connectivity index (χ0) is 24.5. The molecule has 0 saturated heterocycles. The van der Waals surface area contributed by atoms with Crippen molar-refractivity contribution in [2.45, 2.75) is 65.3 Å². The van der Waals surface area contributed by atoms with Gasteiger partial charge in [-0.1, -0.05) is 76.1 Å². The van der Waals surface area contributed by atoms with Gasteiger partial charge in [0.2, 0.25) is 0 Å². The zero-order valence-electron chi connectivity index (χ0n) is 21.9. The van der Waals surface area contributed by atoms with Gasteiger partial charge in [0, 0.05) is 17.9 Å². The summed E-state index contributed by atoms with van der Waals surface area (Å²) in [7, 11) is 0. The van der Waals surface area contributed by atoms with E-state index in [0.717, 1.165) is 44.8 Å². The number of rotatable bonds is 12. The van der Waals surface area contributed by atoms with Gasteiger partial charge >= 0.3 is 0 Å². The molecule has 0 aromatic heterocycles. The van der Waals surface area contributed by atoms with Crippen molar-refractivity contribution in [2.24, 2.45) is 0 Å². The summed E-state index contributed by atoms with van der Waals surface area (Å²) in [5, 5.41) is 0. The number of aryl methyl sites for hydroxylation is 2. The summed E-state index contributed by atoms with van der Waals surface area (Å²) >= 11 is 0. The summed E-state index contributed by atoms with van der Waals surface area (Å²) in [4.78, 5) is 4.93. The molecule has 0 N–H and O–H groups in total. The van der Waals surface area contributed by atoms with E-state index < -0.39 is 0 Å². The van der Waals surface area contributed by atoms with Crippen LogP contribution < -0.4 is 9.64 Å². The monoisotopic (exact) mass is 470 g/mol. The number of nitrogens with zero attached hydrogens (tertiary/aromatic N) is 2. The maximum Gasteiger partial charge on any atom is 0.119 e. The smallest absolute Gasteiger partial charge is 0.119 e. The van der Waals surface area contributed by atoms with Crippen LogP contribution in [-0.4, -0.2) is 31.1 Å². The molecule has 0 amide bonds. The number of ether oxygens (including phenoxy) is 1. The standard InChI is InChI=1S/C32H42N2O/c1-4-7-9-12-26-15-21-32-28(25-26)16-22-31(27-13-10-8-11-14-27)34(32)29-17-19-30(20-18-29)35-24-23-33(5-2)6-3/h8,10-11,13-15,17-21,25,31H,4-7,9,12,16,22-24H2,1-3H3. The fourth-order valence-corrected chi connectivity index (χ4v) is 5.24. The molecule has 35 heavy (non-hydrogen) atoms. The van der Waals surface area contributed by atoms with Crippen LogP contribution in [0.2, 0.25) is 0 Å². The van der Waals surface area contributed by atoms with Crippen LogP contribution in [0.25, 0.3) is 0 Å². The lowest BCUT2D eigenvalue weighted by molar-refractivity contribution is 0.223. The van der Waals surface area contributed by atoms with Crippen molar-refractivity contribution < 1.29 is 4.74 Å². The second-order valence-electron chi connectivity index (χ2n) is 9.62. The highest BCUT2D eigenvalue weighted by Crippen LogP contribution is 2.44. The highest BCUT2D eigenvalue weighted by Gasteiger charge is 2.29. The molecule has 1 unspecified atom stereocenters. The third-order valence-corrected chi connectivity index (χ3v) is 7.34. The Morgan fingerprint density at radius 3 is 2.37 bits per heavy atom. The zero-order valence-corrected chi connectivity index (χ0v) is 21.9. The second-order valence-corrected chi connectivity index (χ2v) is 9.62. The molecule has 0 aliphatic carbocycles. The Morgan fingerprint density at radius 1 is 0.886 bits per heavy atom. The van der Waals surface area contributed by atoms with E-state index in [4.69, 9.17) is 4.74 Å². The highest BCUT2D eigenvalue weighted by atomic mass is 16.5. The number of hydrogen-bond donors (Lipinski definition) is 0. The number of anilines is 2. The fraction of sp³-hybridized carbons (Fsp3) is 0.438. The predicted molar refractivity (Wildman–Crippen MR) is 149 cm³/mol. The van der Waals surface area contributed by atoms with Gasteiger partial charge in [0.1, 0.15) is 12.4 Å². The van der Waals surface area contributed by atoms with Crippen LogP contribution in [-0.2, 0) is 12.8 Å². The Morgan fingerprint density at radius 2 is 1.66 bits per heavy atom. The minimum atomic E-state index is 0.337. The van der Waals surface area contributed by atoms with Crippen molar-refractivity contribution in [3.8, 4) is 5.75 Å². The van der Waals surface area contributed by atoms with Gasteiger partial charge in [-0.2, -0.15) is 0 Å². The van der Waals surface area contributed by atoms with Crippen LogP contribution in [0.15, 0.2) is 72.8 Å². The molecule has 0 bridgehead atoms. The second kappa shape index (κ2) is 12.8. The van der Waals surface area contributed by atoms with E-state index in [-0.39, 0.29) is 0 Å². The first-order chi connectivity index (χ1) is 17.2. The summed E-state index contributed by atoms with van der Waals surface area (Å²) in [6.07, 6.45) is 7.29. The van der Waals surface area contributed by atoms with Crippen LogP contribution in [0, 0.1) is 0 Å². The summed E-state index contributed by atoms with van der Waals surface area (Å²) in [6, 6.07) is 27.2. The van der Waals surface area contributed by atoms with Crippen molar-refractivity contribution in [1.82, 2.24) is 4.90 Å².